The molecule has 0 aliphatic carbocycles. The largest absolute Gasteiger partial charge is 0.492 e. The molecule has 0 N–H and O–H groups in total. The minimum absolute atomic E-state index is 0.0736. The van der Waals surface area contributed by atoms with Crippen LogP contribution in [0, 0.1) is 0 Å². The van der Waals surface area contributed by atoms with Crippen LogP contribution in [0.25, 0.3) is 0 Å². The summed E-state index contributed by atoms with van der Waals surface area (Å²) in [6.45, 7) is 6.95. The van der Waals surface area contributed by atoms with Crippen LogP contribution in [0.5, 0.6) is 5.75 Å². The molecule has 0 amide bonds. The van der Waals surface area contributed by atoms with Gasteiger partial charge < -0.3 is 9.30 Å². The van der Waals surface area contributed by atoms with Crippen LogP contribution in [0.2, 0.25) is 0 Å². The van der Waals surface area contributed by atoms with Crippen molar-refractivity contribution < 1.29 is 13.2 Å². The predicted molar refractivity (Wildman–Crippen MR) is 102 cm³/mol. The number of sulfonamides is 1. The summed E-state index contributed by atoms with van der Waals surface area (Å²) in [5.74, 6) is 0.711. The molecule has 0 aliphatic rings. The van der Waals surface area contributed by atoms with Crippen LogP contribution < -0.4 is 10.3 Å². The third-order valence-corrected chi connectivity index (χ3v) is 5.85. The third kappa shape index (κ3) is 4.74. The molecule has 1 aromatic heterocycles. The highest BCUT2D eigenvalue weighted by molar-refractivity contribution is 7.89. The van der Waals surface area contributed by atoms with Gasteiger partial charge in [-0.25, -0.2) is 12.7 Å². The van der Waals surface area contributed by atoms with E-state index in [1.165, 1.54) is 42.6 Å². The topological polar surface area (TPSA) is 68.6 Å². The van der Waals surface area contributed by atoms with E-state index in [0.717, 1.165) is 4.31 Å². The van der Waals surface area contributed by atoms with Gasteiger partial charge in [-0.05, 0) is 29.2 Å². The second-order valence-electron chi connectivity index (χ2n) is 7.31. The molecule has 0 saturated heterocycles. The molecule has 0 bridgehead atoms. The fourth-order valence-corrected chi connectivity index (χ4v) is 3.28. The van der Waals surface area contributed by atoms with E-state index in [0.29, 0.717) is 5.75 Å². The molecule has 0 radical (unpaired) electrons. The number of ether oxygens (including phenoxy) is 1. The van der Waals surface area contributed by atoms with Crippen LogP contribution in [0.15, 0.2) is 52.3 Å². The van der Waals surface area contributed by atoms with Crippen molar-refractivity contribution in [3.63, 3.8) is 0 Å². The molecule has 0 fully saturated rings. The Morgan fingerprint density at radius 3 is 2.19 bits per heavy atom. The molecule has 1 aromatic carbocycles. The SMILES string of the molecule is CN(C)S(=O)(=O)c1ccc(=O)n(CCOc2ccc(C(C)(C)C)cc2)c1. The van der Waals surface area contributed by atoms with E-state index in [4.69, 9.17) is 4.74 Å². The highest BCUT2D eigenvalue weighted by atomic mass is 32.2. The van der Waals surface area contributed by atoms with Gasteiger partial charge in [-0.2, -0.15) is 0 Å². The van der Waals surface area contributed by atoms with E-state index in [9.17, 15) is 13.2 Å². The average Bonchev–Trinajstić information content (AvgIpc) is 2.56. The summed E-state index contributed by atoms with van der Waals surface area (Å²) in [5, 5.41) is 0. The second-order valence-corrected chi connectivity index (χ2v) is 9.46. The number of pyridine rings is 1. The normalized spacial score (nSPS) is 12.4. The van der Waals surface area contributed by atoms with E-state index in [2.05, 4.69) is 20.8 Å². The minimum atomic E-state index is -3.58. The first-order valence-corrected chi connectivity index (χ1v) is 9.82. The van der Waals surface area contributed by atoms with Crippen molar-refractivity contribution in [2.75, 3.05) is 20.7 Å². The number of rotatable bonds is 6. The first kappa shape index (κ1) is 20.2. The van der Waals surface area contributed by atoms with E-state index in [-0.39, 0.29) is 29.0 Å². The smallest absolute Gasteiger partial charge is 0.250 e. The molecule has 2 aromatic rings. The van der Waals surface area contributed by atoms with Gasteiger partial charge in [-0.15, -0.1) is 0 Å². The molecular weight excluding hydrogens is 352 g/mol. The molecule has 0 unspecified atom stereocenters. The summed E-state index contributed by atoms with van der Waals surface area (Å²) < 4.78 is 32.5. The van der Waals surface area contributed by atoms with Crippen LogP contribution in [0.3, 0.4) is 0 Å². The third-order valence-electron chi connectivity index (χ3n) is 4.06. The molecule has 26 heavy (non-hydrogen) atoms. The van der Waals surface area contributed by atoms with Crippen LogP contribution in [0.4, 0.5) is 0 Å². The maximum atomic E-state index is 12.2. The Bertz CT molecular complexity index is 908. The van der Waals surface area contributed by atoms with Crippen molar-refractivity contribution >= 4 is 10.0 Å². The average molecular weight is 378 g/mol. The summed E-state index contributed by atoms with van der Waals surface area (Å²) in [4.78, 5) is 12.0. The Morgan fingerprint density at radius 1 is 1.04 bits per heavy atom. The van der Waals surface area contributed by atoms with Crippen LogP contribution in [0.1, 0.15) is 26.3 Å². The van der Waals surface area contributed by atoms with Crippen molar-refractivity contribution in [2.24, 2.45) is 0 Å². The van der Waals surface area contributed by atoms with Crippen LogP contribution in [-0.4, -0.2) is 38.0 Å². The molecule has 0 spiro atoms. The molecule has 1 heterocycles. The molecule has 0 saturated carbocycles. The highest BCUT2D eigenvalue weighted by Gasteiger charge is 2.18. The summed E-state index contributed by atoms with van der Waals surface area (Å²) in [5.41, 5.74) is 1.02. The molecule has 2 rings (SSSR count). The van der Waals surface area contributed by atoms with Gasteiger partial charge in [0.25, 0.3) is 5.56 Å². The summed E-state index contributed by atoms with van der Waals surface area (Å²) in [6, 6.07) is 10.4. The molecule has 0 atom stereocenters. The van der Waals surface area contributed by atoms with Crippen molar-refractivity contribution in [1.82, 2.24) is 8.87 Å². The van der Waals surface area contributed by atoms with Crippen LogP contribution >= 0.6 is 0 Å². The van der Waals surface area contributed by atoms with Gasteiger partial charge in [0.15, 0.2) is 0 Å². The van der Waals surface area contributed by atoms with E-state index < -0.39 is 10.0 Å². The lowest BCUT2D eigenvalue weighted by molar-refractivity contribution is 0.295. The van der Waals surface area contributed by atoms with Gasteiger partial charge in [0.05, 0.1) is 11.4 Å². The first-order valence-electron chi connectivity index (χ1n) is 8.38. The molecule has 6 nitrogen and oxygen atoms in total. The number of hydrogen-bond acceptors (Lipinski definition) is 4. The van der Waals surface area contributed by atoms with Gasteiger partial charge in [-0.3, -0.25) is 4.79 Å². The number of nitrogens with zero attached hydrogens (tertiary/aromatic N) is 2. The highest BCUT2D eigenvalue weighted by Crippen LogP contribution is 2.24. The number of aromatic nitrogens is 1. The van der Waals surface area contributed by atoms with Crippen molar-refractivity contribution in [1.29, 1.82) is 0 Å². The fourth-order valence-electron chi connectivity index (χ4n) is 2.36. The van der Waals surface area contributed by atoms with Gasteiger partial charge >= 0.3 is 0 Å². The van der Waals surface area contributed by atoms with Crippen LogP contribution in [-0.2, 0) is 22.0 Å². The Balaban J connectivity index is 2.07. The molecule has 7 heteroatoms. The quantitative estimate of drug-likeness (QED) is 0.774. The summed E-state index contributed by atoms with van der Waals surface area (Å²) in [7, 11) is -0.672. The van der Waals surface area contributed by atoms with Crippen molar-refractivity contribution in [3.8, 4) is 5.75 Å². The lowest BCUT2D eigenvalue weighted by Gasteiger charge is -2.19. The van der Waals surface area contributed by atoms with Gasteiger partial charge in [0.2, 0.25) is 10.0 Å². The zero-order valence-electron chi connectivity index (χ0n) is 15.9. The lowest BCUT2D eigenvalue weighted by Crippen LogP contribution is -2.27. The standard InChI is InChI=1S/C19H26N2O4S/c1-19(2,3)15-6-8-16(9-7-15)25-13-12-21-14-17(10-11-18(21)22)26(23,24)20(4)5/h6-11,14H,12-13H2,1-5H3. The van der Waals surface area contributed by atoms with E-state index >= 15 is 0 Å². The Kier molecular flexibility index (Phi) is 5.93. The molecular formula is C19H26N2O4S. The van der Waals surface area contributed by atoms with E-state index in [1.807, 2.05) is 24.3 Å². The van der Waals surface area contributed by atoms with Gasteiger partial charge in [0.1, 0.15) is 12.4 Å². The summed E-state index contributed by atoms with van der Waals surface area (Å²) >= 11 is 0. The molecule has 0 aliphatic heterocycles. The maximum Gasteiger partial charge on any atom is 0.250 e. The first-order chi connectivity index (χ1) is 12.0. The summed E-state index contributed by atoms with van der Waals surface area (Å²) in [6.07, 6.45) is 1.35. The lowest BCUT2D eigenvalue weighted by atomic mass is 9.87. The fraction of sp³-hybridized carbons (Fsp3) is 0.421. The number of benzene rings is 1. The zero-order chi connectivity index (χ0) is 19.5. The Hall–Kier alpha value is -2.12. The molecule has 142 valence electrons. The second kappa shape index (κ2) is 7.63. The zero-order valence-corrected chi connectivity index (χ0v) is 16.7. The Labute approximate surface area is 155 Å². The van der Waals surface area contributed by atoms with Crippen molar-refractivity contribution in [2.45, 2.75) is 37.6 Å². The van der Waals surface area contributed by atoms with Gasteiger partial charge in [0, 0.05) is 26.4 Å². The Morgan fingerprint density at radius 2 is 1.65 bits per heavy atom. The monoisotopic (exact) mass is 378 g/mol. The van der Waals surface area contributed by atoms with Crippen molar-refractivity contribution in [3.05, 3.63) is 58.5 Å². The van der Waals surface area contributed by atoms with Gasteiger partial charge in [-0.1, -0.05) is 32.9 Å². The maximum absolute atomic E-state index is 12.2. The minimum Gasteiger partial charge on any atom is -0.492 e. The van der Waals surface area contributed by atoms with E-state index in [1.54, 1.807) is 0 Å². The number of hydrogen-bond donors (Lipinski definition) is 0. The predicted octanol–water partition coefficient (Wildman–Crippen LogP) is 2.48.